The third kappa shape index (κ3) is 2.94. The normalized spacial score (nSPS) is 11.9. The summed E-state index contributed by atoms with van der Waals surface area (Å²) in [7, 11) is 0. The lowest BCUT2D eigenvalue weighted by molar-refractivity contribution is -0.274. The Labute approximate surface area is 94.5 Å². The number of ether oxygens (including phenoxy) is 1. The van der Waals surface area contributed by atoms with E-state index in [0.29, 0.717) is 6.20 Å². The molecule has 2 N–H and O–H groups in total. The van der Waals surface area contributed by atoms with Gasteiger partial charge in [-0.1, -0.05) is 0 Å². The van der Waals surface area contributed by atoms with Crippen LogP contribution in [0.1, 0.15) is 12.0 Å². The van der Waals surface area contributed by atoms with Crippen LogP contribution in [0.15, 0.2) is 10.7 Å². The van der Waals surface area contributed by atoms with Gasteiger partial charge in [0.2, 0.25) is 0 Å². The van der Waals surface area contributed by atoms with Gasteiger partial charge in [0.05, 0.1) is 10.0 Å². The van der Waals surface area contributed by atoms with E-state index >= 15 is 0 Å². The monoisotopic (exact) mass is 306 g/mol. The van der Waals surface area contributed by atoms with Crippen molar-refractivity contribution in [1.82, 2.24) is 4.98 Å². The van der Waals surface area contributed by atoms with Crippen molar-refractivity contribution in [2.24, 2.45) is 0 Å². The molecule has 0 amide bonds. The molecule has 90 valence electrons. The minimum atomic E-state index is -5.03. The molecule has 1 heterocycles. The van der Waals surface area contributed by atoms with Gasteiger partial charge in [-0.3, -0.25) is 0 Å². The SMILES string of the molecule is Nc1ncc(C(F)F)c(Br)c1OC(F)(F)F. The van der Waals surface area contributed by atoms with Gasteiger partial charge in [-0.15, -0.1) is 13.2 Å². The quantitative estimate of drug-likeness (QED) is 0.853. The van der Waals surface area contributed by atoms with Crippen LogP contribution in [0.25, 0.3) is 0 Å². The number of rotatable bonds is 2. The Morgan fingerprint density at radius 2 is 1.94 bits per heavy atom. The van der Waals surface area contributed by atoms with Crippen molar-refractivity contribution in [3.8, 4) is 5.75 Å². The highest BCUT2D eigenvalue weighted by molar-refractivity contribution is 9.10. The predicted molar refractivity (Wildman–Crippen MR) is 48.0 cm³/mol. The summed E-state index contributed by atoms with van der Waals surface area (Å²) in [4.78, 5) is 3.19. The van der Waals surface area contributed by atoms with Crippen molar-refractivity contribution in [2.45, 2.75) is 12.8 Å². The zero-order valence-electron chi connectivity index (χ0n) is 7.36. The Kier molecular flexibility index (Phi) is 3.56. The minimum absolute atomic E-state index is 0.563. The summed E-state index contributed by atoms with van der Waals surface area (Å²) in [6.45, 7) is 0. The zero-order valence-corrected chi connectivity index (χ0v) is 8.94. The fraction of sp³-hybridized carbons (Fsp3) is 0.286. The number of nitrogen functional groups attached to an aromatic ring is 1. The molecule has 3 nitrogen and oxygen atoms in total. The van der Waals surface area contributed by atoms with E-state index in [4.69, 9.17) is 5.73 Å². The molecule has 0 fully saturated rings. The van der Waals surface area contributed by atoms with E-state index in [-0.39, 0.29) is 0 Å². The molecule has 0 saturated heterocycles. The third-order valence-corrected chi connectivity index (χ3v) is 2.30. The van der Waals surface area contributed by atoms with E-state index in [1.165, 1.54) is 0 Å². The average molecular weight is 307 g/mol. The molecule has 0 aliphatic rings. The lowest BCUT2D eigenvalue weighted by atomic mass is 10.3. The van der Waals surface area contributed by atoms with E-state index < -0.39 is 34.4 Å². The maximum absolute atomic E-state index is 12.3. The highest BCUT2D eigenvalue weighted by Crippen LogP contribution is 2.39. The summed E-state index contributed by atoms with van der Waals surface area (Å²) in [6, 6.07) is 0. The van der Waals surface area contributed by atoms with Crippen molar-refractivity contribution < 1.29 is 26.7 Å². The van der Waals surface area contributed by atoms with E-state index in [1.807, 2.05) is 0 Å². The molecule has 1 aromatic rings. The van der Waals surface area contributed by atoms with E-state index in [1.54, 1.807) is 0 Å². The van der Waals surface area contributed by atoms with Gasteiger partial charge in [-0.05, 0) is 15.9 Å². The van der Waals surface area contributed by atoms with Crippen LogP contribution < -0.4 is 10.5 Å². The topological polar surface area (TPSA) is 48.1 Å². The van der Waals surface area contributed by atoms with Crippen LogP contribution in [0.2, 0.25) is 0 Å². The van der Waals surface area contributed by atoms with Gasteiger partial charge >= 0.3 is 6.36 Å². The number of hydrogen-bond donors (Lipinski definition) is 1. The molecule has 0 aliphatic heterocycles. The van der Waals surface area contributed by atoms with Gasteiger partial charge in [-0.25, -0.2) is 13.8 Å². The molecular formula is C7H4BrF5N2O. The first-order valence-corrected chi connectivity index (χ1v) is 4.49. The molecule has 0 radical (unpaired) electrons. The molecule has 0 unspecified atom stereocenters. The molecule has 1 aromatic heterocycles. The largest absolute Gasteiger partial charge is 0.573 e. The van der Waals surface area contributed by atoms with Crippen LogP contribution in [0.5, 0.6) is 5.75 Å². The van der Waals surface area contributed by atoms with Crippen molar-refractivity contribution in [2.75, 3.05) is 5.73 Å². The molecule has 0 aromatic carbocycles. The maximum Gasteiger partial charge on any atom is 0.573 e. The first-order valence-electron chi connectivity index (χ1n) is 3.70. The second kappa shape index (κ2) is 4.40. The fourth-order valence-electron chi connectivity index (χ4n) is 0.863. The Balaban J connectivity index is 3.21. The molecular weight excluding hydrogens is 303 g/mol. The van der Waals surface area contributed by atoms with Crippen LogP contribution >= 0.6 is 15.9 Å². The van der Waals surface area contributed by atoms with Crippen molar-refractivity contribution >= 4 is 21.7 Å². The second-order valence-corrected chi connectivity index (χ2v) is 3.38. The van der Waals surface area contributed by atoms with E-state index in [2.05, 4.69) is 25.7 Å². The van der Waals surface area contributed by atoms with Crippen LogP contribution in [-0.2, 0) is 0 Å². The Morgan fingerprint density at radius 3 is 2.38 bits per heavy atom. The maximum atomic E-state index is 12.3. The molecule has 16 heavy (non-hydrogen) atoms. The fourth-order valence-corrected chi connectivity index (χ4v) is 1.42. The summed E-state index contributed by atoms with van der Waals surface area (Å²) >= 11 is 2.56. The number of anilines is 1. The van der Waals surface area contributed by atoms with Gasteiger partial charge in [0.15, 0.2) is 11.6 Å². The molecule has 1 rings (SSSR count). The molecule has 0 saturated carbocycles. The zero-order chi connectivity index (χ0) is 12.5. The average Bonchev–Trinajstić information content (AvgIpc) is 2.10. The van der Waals surface area contributed by atoms with E-state index in [9.17, 15) is 22.0 Å². The van der Waals surface area contributed by atoms with E-state index in [0.717, 1.165) is 0 Å². The highest BCUT2D eigenvalue weighted by Gasteiger charge is 2.34. The number of nitrogens with two attached hydrogens (primary N) is 1. The lowest BCUT2D eigenvalue weighted by Gasteiger charge is -2.14. The Hall–Kier alpha value is -1.12. The van der Waals surface area contributed by atoms with Crippen molar-refractivity contribution in [1.29, 1.82) is 0 Å². The van der Waals surface area contributed by atoms with Gasteiger partial charge in [0.25, 0.3) is 6.43 Å². The Bertz CT molecular complexity index is 395. The van der Waals surface area contributed by atoms with Crippen LogP contribution in [0.3, 0.4) is 0 Å². The number of aromatic nitrogens is 1. The first-order chi connectivity index (χ1) is 7.22. The summed E-state index contributed by atoms with van der Waals surface area (Å²) in [5.41, 5.74) is 4.36. The second-order valence-electron chi connectivity index (χ2n) is 2.59. The number of alkyl halides is 5. The van der Waals surface area contributed by atoms with Crippen molar-refractivity contribution in [3.63, 3.8) is 0 Å². The minimum Gasteiger partial charge on any atom is -0.401 e. The standard InChI is InChI=1S/C7H4BrF5N2O/c8-3-2(5(9)10)1-15-6(14)4(3)16-7(11,12)13/h1,5H,(H2,14,15). The summed E-state index contributed by atoms with van der Waals surface area (Å²) in [5.74, 6) is -1.60. The summed E-state index contributed by atoms with van der Waals surface area (Å²) < 4.78 is 63.3. The molecule has 0 spiro atoms. The van der Waals surface area contributed by atoms with Gasteiger partial charge in [0, 0.05) is 6.20 Å². The third-order valence-electron chi connectivity index (χ3n) is 1.48. The summed E-state index contributed by atoms with van der Waals surface area (Å²) in [5, 5.41) is 0. The molecule has 0 aliphatic carbocycles. The van der Waals surface area contributed by atoms with Gasteiger partial charge < -0.3 is 10.5 Å². The Morgan fingerprint density at radius 1 is 1.38 bits per heavy atom. The van der Waals surface area contributed by atoms with Crippen LogP contribution in [0.4, 0.5) is 27.8 Å². The number of halogens is 6. The van der Waals surface area contributed by atoms with Gasteiger partial charge in [0.1, 0.15) is 0 Å². The lowest BCUT2D eigenvalue weighted by Crippen LogP contribution is -2.19. The van der Waals surface area contributed by atoms with Crippen LogP contribution in [0, 0.1) is 0 Å². The van der Waals surface area contributed by atoms with Crippen molar-refractivity contribution in [3.05, 3.63) is 16.2 Å². The first kappa shape index (κ1) is 12.9. The van der Waals surface area contributed by atoms with Gasteiger partial charge in [-0.2, -0.15) is 0 Å². The predicted octanol–water partition coefficient (Wildman–Crippen LogP) is 3.26. The molecule has 9 heteroatoms. The number of hydrogen-bond acceptors (Lipinski definition) is 3. The number of nitrogens with zero attached hydrogens (tertiary/aromatic N) is 1. The van der Waals surface area contributed by atoms with Crippen LogP contribution in [-0.4, -0.2) is 11.3 Å². The molecule has 0 atom stereocenters. The number of pyridine rings is 1. The highest BCUT2D eigenvalue weighted by atomic mass is 79.9. The smallest absolute Gasteiger partial charge is 0.401 e. The summed E-state index contributed by atoms with van der Waals surface area (Å²) in [6.07, 6.45) is -7.34. The molecule has 0 bridgehead atoms.